The molecule has 0 spiro atoms. The zero-order chi connectivity index (χ0) is 11.4. The smallest absolute Gasteiger partial charge is 0.0622 e. The van der Waals surface area contributed by atoms with E-state index in [0.717, 1.165) is 19.3 Å². The van der Waals surface area contributed by atoms with Crippen molar-refractivity contribution in [1.82, 2.24) is 10.2 Å². The maximum Gasteiger partial charge on any atom is 0.0622 e. The van der Waals surface area contributed by atoms with E-state index in [1.807, 2.05) is 0 Å². The fourth-order valence-corrected chi connectivity index (χ4v) is 2.99. The van der Waals surface area contributed by atoms with Gasteiger partial charge in [-0.1, -0.05) is 20.3 Å². The molecule has 0 aliphatic carbocycles. The highest BCUT2D eigenvalue weighted by molar-refractivity contribution is 4.90. The summed E-state index contributed by atoms with van der Waals surface area (Å²) < 4.78 is 5.54. The molecule has 3 nitrogen and oxygen atoms in total. The number of piperazine rings is 1. The van der Waals surface area contributed by atoms with Crippen molar-refractivity contribution in [3.63, 3.8) is 0 Å². The van der Waals surface area contributed by atoms with Crippen LogP contribution in [-0.4, -0.2) is 49.3 Å². The second kappa shape index (κ2) is 5.99. The largest absolute Gasteiger partial charge is 0.380 e. The Morgan fingerprint density at radius 3 is 2.88 bits per heavy atom. The van der Waals surface area contributed by atoms with E-state index in [0.29, 0.717) is 12.1 Å². The number of rotatable bonds is 4. The van der Waals surface area contributed by atoms with Crippen LogP contribution < -0.4 is 5.32 Å². The van der Waals surface area contributed by atoms with Gasteiger partial charge < -0.3 is 10.1 Å². The minimum absolute atomic E-state index is 0.688. The highest BCUT2D eigenvalue weighted by Gasteiger charge is 2.33. The van der Waals surface area contributed by atoms with Crippen molar-refractivity contribution in [3.05, 3.63) is 0 Å². The van der Waals surface area contributed by atoms with E-state index in [4.69, 9.17) is 4.74 Å². The van der Waals surface area contributed by atoms with Crippen molar-refractivity contribution < 1.29 is 4.74 Å². The number of hydrogen-bond donors (Lipinski definition) is 1. The molecule has 0 aromatic rings. The fourth-order valence-electron chi connectivity index (χ4n) is 2.99. The van der Waals surface area contributed by atoms with Crippen LogP contribution >= 0.6 is 0 Å². The predicted molar refractivity (Wildman–Crippen MR) is 66.7 cm³/mol. The Labute approximate surface area is 99.5 Å². The zero-order valence-electron chi connectivity index (χ0n) is 10.7. The lowest BCUT2D eigenvalue weighted by Crippen LogP contribution is -2.59. The van der Waals surface area contributed by atoms with E-state index in [1.165, 1.54) is 38.8 Å². The molecule has 0 radical (unpaired) electrons. The first-order valence-corrected chi connectivity index (χ1v) is 6.92. The van der Waals surface area contributed by atoms with Crippen LogP contribution in [0.4, 0.5) is 0 Å². The molecule has 3 unspecified atom stereocenters. The molecule has 16 heavy (non-hydrogen) atoms. The van der Waals surface area contributed by atoms with E-state index in [9.17, 15) is 0 Å². The summed E-state index contributed by atoms with van der Waals surface area (Å²) in [6.45, 7) is 8.87. The molecule has 0 aromatic heterocycles. The Balaban J connectivity index is 1.95. The summed E-state index contributed by atoms with van der Waals surface area (Å²) in [7, 11) is 0. The third-order valence-electron chi connectivity index (χ3n) is 4.03. The average Bonchev–Trinajstić information content (AvgIpc) is 2.83. The zero-order valence-corrected chi connectivity index (χ0v) is 10.7. The summed E-state index contributed by atoms with van der Waals surface area (Å²) in [5.41, 5.74) is 0. The maximum atomic E-state index is 5.54. The van der Waals surface area contributed by atoms with Gasteiger partial charge in [0.05, 0.1) is 6.61 Å². The summed E-state index contributed by atoms with van der Waals surface area (Å²) in [5.74, 6) is 0. The van der Waals surface area contributed by atoms with Crippen LogP contribution in [-0.2, 0) is 4.74 Å². The maximum absolute atomic E-state index is 5.54. The molecule has 0 aromatic carbocycles. The minimum Gasteiger partial charge on any atom is -0.380 e. The Morgan fingerprint density at radius 2 is 2.25 bits per heavy atom. The molecule has 2 rings (SSSR count). The molecule has 2 saturated heterocycles. The predicted octanol–water partition coefficient (Wildman–Crippen LogP) is 1.63. The SMILES string of the molecule is CCCC1CNC(CC)CN1C1CCOC1. The number of ether oxygens (including phenoxy) is 1. The fraction of sp³-hybridized carbons (Fsp3) is 1.00. The number of nitrogens with one attached hydrogen (secondary N) is 1. The van der Waals surface area contributed by atoms with Crippen molar-refractivity contribution in [1.29, 1.82) is 0 Å². The second-order valence-corrected chi connectivity index (χ2v) is 5.17. The first kappa shape index (κ1) is 12.3. The third-order valence-corrected chi connectivity index (χ3v) is 4.03. The van der Waals surface area contributed by atoms with Gasteiger partial charge in [-0.3, -0.25) is 4.90 Å². The lowest BCUT2D eigenvalue weighted by molar-refractivity contribution is 0.0645. The monoisotopic (exact) mass is 226 g/mol. The molecule has 0 bridgehead atoms. The van der Waals surface area contributed by atoms with E-state index in [2.05, 4.69) is 24.1 Å². The highest BCUT2D eigenvalue weighted by Crippen LogP contribution is 2.21. The summed E-state index contributed by atoms with van der Waals surface area (Å²) >= 11 is 0. The Kier molecular flexibility index (Phi) is 4.62. The van der Waals surface area contributed by atoms with Gasteiger partial charge in [-0.15, -0.1) is 0 Å². The van der Waals surface area contributed by atoms with Crippen LogP contribution in [0.15, 0.2) is 0 Å². The Morgan fingerprint density at radius 1 is 1.38 bits per heavy atom. The minimum atomic E-state index is 0.688. The summed E-state index contributed by atoms with van der Waals surface area (Å²) in [5, 5.41) is 3.67. The van der Waals surface area contributed by atoms with Gasteiger partial charge in [-0.05, 0) is 19.3 Å². The normalized spacial score (nSPS) is 36.8. The van der Waals surface area contributed by atoms with Gasteiger partial charge in [0.2, 0.25) is 0 Å². The van der Waals surface area contributed by atoms with Crippen LogP contribution in [0.2, 0.25) is 0 Å². The van der Waals surface area contributed by atoms with Crippen molar-refractivity contribution in [3.8, 4) is 0 Å². The Bertz CT molecular complexity index is 204. The van der Waals surface area contributed by atoms with Crippen molar-refractivity contribution in [2.24, 2.45) is 0 Å². The third kappa shape index (κ3) is 2.76. The van der Waals surface area contributed by atoms with Crippen LogP contribution in [0.3, 0.4) is 0 Å². The summed E-state index contributed by atoms with van der Waals surface area (Å²) in [6, 6.07) is 2.11. The lowest BCUT2D eigenvalue weighted by Gasteiger charge is -2.43. The summed E-state index contributed by atoms with van der Waals surface area (Å²) in [6.07, 6.45) is 5.08. The van der Waals surface area contributed by atoms with Gasteiger partial charge in [0.25, 0.3) is 0 Å². The molecule has 2 aliphatic rings. The first-order chi connectivity index (χ1) is 7.85. The molecule has 3 atom stereocenters. The molecular formula is C13H26N2O. The van der Waals surface area contributed by atoms with Gasteiger partial charge in [-0.2, -0.15) is 0 Å². The molecule has 0 amide bonds. The summed E-state index contributed by atoms with van der Waals surface area (Å²) in [4.78, 5) is 2.72. The van der Waals surface area contributed by atoms with Crippen LogP contribution in [0, 0.1) is 0 Å². The number of nitrogens with zero attached hydrogens (tertiary/aromatic N) is 1. The number of hydrogen-bond acceptors (Lipinski definition) is 3. The van der Waals surface area contributed by atoms with Gasteiger partial charge in [-0.25, -0.2) is 0 Å². The molecule has 94 valence electrons. The highest BCUT2D eigenvalue weighted by atomic mass is 16.5. The molecule has 2 aliphatic heterocycles. The topological polar surface area (TPSA) is 24.5 Å². The van der Waals surface area contributed by atoms with Gasteiger partial charge in [0, 0.05) is 37.8 Å². The second-order valence-electron chi connectivity index (χ2n) is 5.17. The van der Waals surface area contributed by atoms with Gasteiger partial charge in [0.1, 0.15) is 0 Å². The quantitative estimate of drug-likeness (QED) is 0.788. The van der Waals surface area contributed by atoms with Gasteiger partial charge in [0.15, 0.2) is 0 Å². The van der Waals surface area contributed by atoms with E-state index < -0.39 is 0 Å². The van der Waals surface area contributed by atoms with Crippen molar-refractivity contribution in [2.75, 3.05) is 26.3 Å². The molecule has 1 N–H and O–H groups in total. The average molecular weight is 226 g/mol. The molecule has 2 heterocycles. The Hall–Kier alpha value is -0.120. The molecule has 3 heteroatoms. The van der Waals surface area contributed by atoms with Crippen LogP contribution in [0.1, 0.15) is 39.5 Å². The van der Waals surface area contributed by atoms with E-state index in [1.54, 1.807) is 0 Å². The van der Waals surface area contributed by atoms with Crippen LogP contribution in [0.5, 0.6) is 0 Å². The first-order valence-electron chi connectivity index (χ1n) is 6.92. The van der Waals surface area contributed by atoms with Crippen LogP contribution in [0.25, 0.3) is 0 Å². The molecular weight excluding hydrogens is 200 g/mol. The molecule has 0 saturated carbocycles. The van der Waals surface area contributed by atoms with Gasteiger partial charge >= 0.3 is 0 Å². The van der Waals surface area contributed by atoms with Crippen molar-refractivity contribution >= 4 is 0 Å². The van der Waals surface area contributed by atoms with Crippen molar-refractivity contribution in [2.45, 2.75) is 57.7 Å². The lowest BCUT2D eigenvalue weighted by atomic mass is 10.0. The van der Waals surface area contributed by atoms with E-state index >= 15 is 0 Å². The standard InChI is InChI=1S/C13H26N2O/c1-3-5-12-8-14-11(4-2)9-15(12)13-6-7-16-10-13/h11-14H,3-10H2,1-2H3. The molecule has 2 fully saturated rings. The van der Waals surface area contributed by atoms with E-state index in [-0.39, 0.29) is 0 Å².